The van der Waals surface area contributed by atoms with Gasteiger partial charge in [0, 0.05) is 5.56 Å². The van der Waals surface area contributed by atoms with Crippen LogP contribution in [0.3, 0.4) is 0 Å². The zero-order chi connectivity index (χ0) is 9.90. The number of hydrogen-bond donors (Lipinski definition) is 0. The van der Waals surface area contributed by atoms with Gasteiger partial charge in [-0.05, 0) is 13.0 Å². The van der Waals surface area contributed by atoms with Crippen LogP contribution in [-0.2, 0) is 10.5 Å². The molecular weight excluding hydrogens is 171 g/mol. The number of halogens is 1. The largest absolute Gasteiger partial charge is 0.496 e. The molecule has 3 heteroatoms. The van der Waals surface area contributed by atoms with Crippen molar-refractivity contribution in [2.75, 3.05) is 7.11 Å². The molecule has 0 saturated heterocycles. The minimum Gasteiger partial charge on any atom is -0.496 e. The molecule has 0 N–H and O–H groups in total. The monoisotopic (exact) mass is 182 g/mol. The number of aldehydes is 1. The summed E-state index contributed by atoms with van der Waals surface area (Å²) in [7, 11) is 1.44. The molecular formula is C10H11FO2. The summed E-state index contributed by atoms with van der Waals surface area (Å²) in [5.41, 5.74) is -1.72. The molecule has 0 aliphatic carbocycles. The molecule has 0 bridgehead atoms. The highest BCUT2D eigenvalue weighted by atomic mass is 19.1. The second-order valence-corrected chi connectivity index (χ2v) is 2.89. The highest BCUT2D eigenvalue weighted by Gasteiger charge is 2.28. The van der Waals surface area contributed by atoms with Gasteiger partial charge >= 0.3 is 0 Å². The fourth-order valence-corrected chi connectivity index (χ4v) is 1.11. The topological polar surface area (TPSA) is 26.3 Å². The summed E-state index contributed by atoms with van der Waals surface area (Å²) in [6, 6.07) is 6.55. The van der Waals surface area contributed by atoms with E-state index < -0.39 is 5.67 Å². The summed E-state index contributed by atoms with van der Waals surface area (Å²) in [5.74, 6) is 0.389. The number of hydrogen-bond acceptors (Lipinski definition) is 2. The first-order valence-electron chi connectivity index (χ1n) is 3.90. The van der Waals surface area contributed by atoms with E-state index in [-0.39, 0.29) is 11.8 Å². The Hall–Kier alpha value is -1.38. The molecule has 0 radical (unpaired) electrons. The van der Waals surface area contributed by atoms with E-state index in [0.717, 1.165) is 0 Å². The molecule has 0 fully saturated rings. The molecule has 0 aliphatic heterocycles. The minimum absolute atomic E-state index is 0.257. The van der Waals surface area contributed by atoms with Gasteiger partial charge in [-0.3, -0.25) is 4.79 Å². The van der Waals surface area contributed by atoms with Crippen LogP contribution in [0, 0.1) is 0 Å². The van der Waals surface area contributed by atoms with E-state index in [1.807, 2.05) is 0 Å². The number of methoxy groups -OCH3 is 1. The van der Waals surface area contributed by atoms with Crippen LogP contribution in [0.25, 0.3) is 0 Å². The Morgan fingerprint density at radius 2 is 2.08 bits per heavy atom. The third kappa shape index (κ3) is 1.86. The first-order valence-corrected chi connectivity index (χ1v) is 3.90. The molecule has 0 spiro atoms. The molecule has 70 valence electrons. The molecule has 1 atom stereocenters. The molecule has 2 nitrogen and oxygen atoms in total. The third-order valence-corrected chi connectivity index (χ3v) is 1.85. The van der Waals surface area contributed by atoms with E-state index in [0.29, 0.717) is 5.75 Å². The molecule has 0 heterocycles. The SMILES string of the molecule is COc1ccccc1C(C)(F)C=O. The Kier molecular flexibility index (Phi) is 2.66. The summed E-state index contributed by atoms with van der Waals surface area (Å²) < 4.78 is 18.5. The van der Waals surface area contributed by atoms with E-state index in [2.05, 4.69) is 0 Å². The molecule has 13 heavy (non-hydrogen) atoms. The van der Waals surface area contributed by atoms with E-state index in [1.54, 1.807) is 18.2 Å². The Balaban J connectivity index is 3.20. The van der Waals surface area contributed by atoms with Crippen molar-refractivity contribution in [3.05, 3.63) is 29.8 Å². The van der Waals surface area contributed by atoms with Crippen molar-refractivity contribution < 1.29 is 13.9 Å². The Morgan fingerprint density at radius 1 is 1.46 bits per heavy atom. The third-order valence-electron chi connectivity index (χ3n) is 1.85. The lowest BCUT2D eigenvalue weighted by molar-refractivity contribution is -0.117. The van der Waals surface area contributed by atoms with Crippen LogP contribution >= 0.6 is 0 Å². The predicted molar refractivity (Wildman–Crippen MR) is 47.5 cm³/mol. The van der Waals surface area contributed by atoms with Crippen LogP contribution in [0.5, 0.6) is 5.75 Å². The van der Waals surface area contributed by atoms with Crippen molar-refractivity contribution in [1.82, 2.24) is 0 Å². The molecule has 0 saturated carbocycles. The standard InChI is InChI=1S/C10H11FO2/c1-10(11,7-12)8-5-3-4-6-9(8)13-2/h3-7H,1-2H3. The van der Waals surface area contributed by atoms with Gasteiger partial charge in [0.2, 0.25) is 0 Å². The van der Waals surface area contributed by atoms with E-state index in [4.69, 9.17) is 4.74 Å². The zero-order valence-electron chi connectivity index (χ0n) is 7.58. The van der Waals surface area contributed by atoms with Crippen molar-refractivity contribution in [3.63, 3.8) is 0 Å². The van der Waals surface area contributed by atoms with Gasteiger partial charge in [-0.1, -0.05) is 18.2 Å². The predicted octanol–water partition coefficient (Wildman–Crippen LogP) is 2.08. The van der Waals surface area contributed by atoms with E-state index in [1.165, 1.54) is 20.1 Å². The fraction of sp³-hybridized carbons (Fsp3) is 0.300. The average Bonchev–Trinajstić information content (AvgIpc) is 2.18. The van der Waals surface area contributed by atoms with Crippen molar-refractivity contribution in [2.24, 2.45) is 0 Å². The maximum absolute atomic E-state index is 13.6. The van der Waals surface area contributed by atoms with Crippen molar-refractivity contribution >= 4 is 6.29 Å². The summed E-state index contributed by atoms with van der Waals surface area (Å²) in [4.78, 5) is 10.5. The van der Waals surface area contributed by atoms with Crippen molar-refractivity contribution in [3.8, 4) is 5.75 Å². The molecule has 1 rings (SSSR count). The van der Waals surface area contributed by atoms with Crippen LogP contribution < -0.4 is 4.74 Å². The number of alkyl halides is 1. The van der Waals surface area contributed by atoms with Gasteiger partial charge in [-0.15, -0.1) is 0 Å². The maximum atomic E-state index is 13.6. The summed E-state index contributed by atoms with van der Waals surface area (Å²) in [5, 5.41) is 0. The van der Waals surface area contributed by atoms with Crippen LogP contribution in [0.15, 0.2) is 24.3 Å². The number of carbonyl (C=O) groups is 1. The van der Waals surface area contributed by atoms with Gasteiger partial charge in [-0.25, -0.2) is 4.39 Å². The fourth-order valence-electron chi connectivity index (χ4n) is 1.11. The first kappa shape index (κ1) is 9.71. The van der Waals surface area contributed by atoms with Gasteiger partial charge in [-0.2, -0.15) is 0 Å². The summed E-state index contributed by atoms with van der Waals surface area (Å²) in [6.45, 7) is 1.21. The smallest absolute Gasteiger partial charge is 0.191 e. The van der Waals surface area contributed by atoms with Gasteiger partial charge in [0.15, 0.2) is 12.0 Å². The minimum atomic E-state index is -1.98. The first-order chi connectivity index (χ1) is 6.11. The van der Waals surface area contributed by atoms with E-state index >= 15 is 0 Å². The van der Waals surface area contributed by atoms with Crippen LogP contribution in [-0.4, -0.2) is 13.4 Å². The second-order valence-electron chi connectivity index (χ2n) is 2.89. The summed E-state index contributed by atoms with van der Waals surface area (Å²) in [6.07, 6.45) is 0.269. The Morgan fingerprint density at radius 3 is 2.62 bits per heavy atom. The number of para-hydroxylation sites is 1. The van der Waals surface area contributed by atoms with Crippen LogP contribution in [0.2, 0.25) is 0 Å². The lowest BCUT2D eigenvalue weighted by atomic mass is 9.99. The maximum Gasteiger partial charge on any atom is 0.191 e. The number of rotatable bonds is 3. The van der Waals surface area contributed by atoms with Crippen LogP contribution in [0.1, 0.15) is 12.5 Å². The summed E-state index contributed by atoms with van der Waals surface area (Å²) >= 11 is 0. The average molecular weight is 182 g/mol. The lowest BCUT2D eigenvalue weighted by Crippen LogP contribution is -2.17. The highest BCUT2D eigenvalue weighted by Crippen LogP contribution is 2.30. The number of ether oxygens (including phenoxy) is 1. The zero-order valence-corrected chi connectivity index (χ0v) is 7.58. The molecule has 1 unspecified atom stereocenters. The molecule has 0 aliphatic rings. The molecule has 0 amide bonds. The molecule has 0 aromatic heterocycles. The Labute approximate surface area is 76.3 Å². The normalized spacial score (nSPS) is 14.7. The van der Waals surface area contributed by atoms with Gasteiger partial charge in [0.05, 0.1) is 7.11 Å². The lowest BCUT2D eigenvalue weighted by Gasteiger charge is -2.16. The van der Waals surface area contributed by atoms with Gasteiger partial charge < -0.3 is 4.74 Å². The second kappa shape index (κ2) is 3.56. The van der Waals surface area contributed by atoms with Gasteiger partial charge in [0.1, 0.15) is 5.75 Å². The number of carbonyl (C=O) groups excluding carboxylic acids is 1. The molecule has 1 aromatic carbocycles. The quantitative estimate of drug-likeness (QED) is 0.669. The van der Waals surface area contributed by atoms with Crippen molar-refractivity contribution in [1.29, 1.82) is 0 Å². The van der Waals surface area contributed by atoms with Crippen molar-refractivity contribution in [2.45, 2.75) is 12.6 Å². The molecule has 1 aromatic rings. The highest BCUT2D eigenvalue weighted by molar-refractivity contribution is 5.67. The Bertz CT molecular complexity index is 308. The van der Waals surface area contributed by atoms with Crippen LogP contribution in [0.4, 0.5) is 4.39 Å². The van der Waals surface area contributed by atoms with Gasteiger partial charge in [0.25, 0.3) is 0 Å². The van der Waals surface area contributed by atoms with E-state index in [9.17, 15) is 9.18 Å². The number of benzene rings is 1.